The maximum Gasteiger partial charge on any atom is 0.131 e. The first-order chi connectivity index (χ1) is 8.19. The van der Waals surface area contributed by atoms with E-state index in [0.717, 1.165) is 18.9 Å². The van der Waals surface area contributed by atoms with Crippen molar-refractivity contribution in [2.24, 2.45) is 0 Å². The van der Waals surface area contributed by atoms with Crippen molar-refractivity contribution in [1.29, 1.82) is 0 Å². The molecular formula is C14H25N3. The Bertz CT molecular complexity index is 336. The molecule has 1 N–H and O–H groups in total. The van der Waals surface area contributed by atoms with Gasteiger partial charge in [0.15, 0.2) is 0 Å². The Morgan fingerprint density at radius 2 is 2.12 bits per heavy atom. The van der Waals surface area contributed by atoms with Crippen LogP contribution in [-0.2, 0) is 6.54 Å². The summed E-state index contributed by atoms with van der Waals surface area (Å²) < 4.78 is 0. The molecule has 0 amide bonds. The van der Waals surface area contributed by atoms with Gasteiger partial charge in [-0.05, 0) is 37.6 Å². The van der Waals surface area contributed by atoms with Crippen molar-refractivity contribution in [2.75, 3.05) is 25.5 Å². The molecule has 0 atom stereocenters. The minimum Gasteiger partial charge on any atom is -0.359 e. The van der Waals surface area contributed by atoms with Gasteiger partial charge in [-0.1, -0.05) is 19.8 Å². The zero-order chi connectivity index (χ0) is 12.7. The molecule has 0 saturated heterocycles. The Kier molecular flexibility index (Phi) is 5.98. The van der Waals surface area contributed by atoms with Gasteiger partial charge < -0.3 is 10.2 Å². The summed E-state index contributed by atoms with van der Waals surface area (Å²) in [5.41, 5.74) is 2.51. The predicted molar refractivity (Wildman–Crippen MR) is 74.5 cm³/mol. The minimum absolute atomic E-state index is 0.883. The first kappa shape index (κ1) is 14.0. The molecule has 1 heterocycles. The van der Waals surface area contributed by atoms with E-state index in [2.05, 4.69) is 42.2 Å². The lowest BCUT2D eigenvalue weighted by Gasteiger charge is -2.20. The van der Waals surface area contributed by atoms with Gasteiger partial charge in [-0.2, -0.15) is 0 Å². The fourth-order valence-electron chi connectivity index (χ4n) is 2.03. The number of aromatic nitrogens is 1. The van der Waals surface area contributed by atoms with Crippen LogP contribution in [0.4, 0.5) is 5.82 Å². The van der Waals surface area contributed by atoms with Crippen molar-refractivity contribution in [2.45, 2.75) is 39.7 Å². The van der Waals surface area contributed by atoms with Gasteiger partial charge in [0.25, 0.3) is 0 Å². The van der Waals surface area contributed by atoms with Crippen LogP contribution in [0.5, 0.6) is 0 Å². The van der Waals surface area contributed by atoms with Crippen LogP contribution in [0, 0.1) is 6.92 Å². The molecular weight excluding hydrogens is 210 g/mol. The van der Waals surface area contributed by atoms with Gasteiger partial charge >= 0.3 is 0 Å². The Hall–Kier alpha value is -1.09. The molecule has 1 aromatic heterocycles. The molecule has 0 aliphatic heterocycles. The molecule has 96 valence electrons. The van der Waals surface area contributed by atoms with Gasteiger partial charge in [-0.25, -0.2) is 4.98 Å². The summed E-state index contributed by atoms with van der Waals surface area (Å²) in [5.74, 6) is 1.11. The fraction of sp³-hybridized carbons (Fsp3) is 0.643. The van der Waals surface area contributed by atoms with E-state index in [1.165, 1.54) is 30.4 Å². The average Bonchev–Trinajstić information content (AvgIpc) is 2.29. The molecule has 0 aliphatic carbocycles. The highest BCUT2D eigenvalue weighted by Gasteiger charge is 2.06. The van der Waals surface area contributed by atoms with E-state index in [1.807, 2.05) is 13.2 Å². The van der Waals surface area contributed by atoms with Gasteiger partial charge in [0, 0.05) is 26.3 Å². The van der Waals surface area contributed by atoms with Gasteiger partial charge in [-0.3, -0.25) is 0 Å². The topological polar surface area (TPSA) is 28.2 Å². The summed E-state index contributed by atoms with van der Waals surface area (Å²) in [6.07, 6.45) is 5.77. The van der Waals surface area contributed by atoms with Gasteiger partial charge in [0.2, 0.25) is 0 Å². The highest BCUT2D eigenvalue weighted by atomic mass is 15.2. The molecule has 17 heavy (non-hydrogen) atoms. The molecule has 0 unspecified atom stereocenters. The maximum atomic E-state index is 4.56. The average molecular weight is 235 g/mol. The molecule has 0 radical (unpaired) electrons. The number of pyridine rings is 1. The standard InChI is InChI=1S/C14H25N3/c1-5-6-7-8-17(4)14-12(2)9-13(10-15-3)11-16-14/h9,11,15H,5-8,10H2,1-4H3. The first-order valence-corrected chi connectivity index (χ1v) is 6.50. The van der Waals surface area contributed by atoms with E-state index >= 15 is 0 Å². The van der Waals surface area contributed by atoms with Gasteiger partial charge in [-0.15, -0.1) is 0 Å². The molecule has 0 aliphatic rings. The van der Waals surface area contributed by atoms with E-state index in [9.17, 15) is 0 Å². The summed E-state index contributed by atoms with van der Waals surface area (Å²) in [4.78, 5) is 6.82. The summed E-state index contributed by atoms with van der Waals surface area (Å²) in [7, 11) is 4.09. The second-order valence-electron chi connectivity index (χ2n) is 4.64. The summed E-state index contributed by atoms with van der Waals surface area (Å²) >= 11 is 0. The molecule has 0 bridgehead atoms. The van der Waals surface area contributed by atoms with Crippen LogP contribution in [0.3, 0.4) is 0 Å². The number of nitrogens with zero attached hydrogens (tertiary/aromatic N) is 2. The zero-order valence-electron chi connectivity index (χ0n) is 11.6. The predicted octanol–water partition coefficient (Wildman–Crippen LogP) is 2.74. The second kappa shape index (κ2) is 7.28. The smallest absolute Gasteiger partial charge is 0.131 e. The summed E-state index contributed by atoms with van der Waals surface area (Å²) in [6, 6.07) is 2.22. The lowest BCUT2D eigenvalue weighted by atomic mass is 10.2. The number of anilines is 1. The third-order valence-corrected chi connectivity index (χ3v) is 2.95. The molecule has 0 aromatic carbocycles. The maximum absolute atomic E-state index is 4.56. The van der Waals surface area contributed by atoms with Crippen molar-refractivity contribution in [3.63, 3.8) is 0 Å². The number of hydrogen-bond acceptors (Lipinski definition) is 3. The van der Waals surface area contributed by atoms with Crippen LogP contribution >= 0.6 is 0 Å². The number of rotatable bonds is 7. The monoisotopic (exact) mass is 235 g/mol. The number of hydrogen-bond donors (Lipinski definition) is 1. The number of aryl methyl sites for hydroxylation is 1. The Morgan fingerprint density at radius 1 is 1.35 bits per heavy atom. The Morgan fingerprint density at radius 3 is 2.71 bits per heavy atom. The van der Waals surface area contributed by atoms with Crippen LogP contribution < -0.4 is 10.2 Å². The summed E-state index contributed by atoms with van der Waals surface area (Å²) in [5, 5.41) is 3.15. The van der Waals surface area contributed by atoms with E-state index in [0.29, 0.717) is 0 Å². The molecule has 1 aromatic rings. The fourth-order valence-corrected chi connectivity index (χ4v) is 2.03. The number of nitrogens with one attached hydrogen (secondary N) is 1. The summed E-state index contributed by atoms with van der Waals surface area (Å²) in [6.45, 7) is 6.34. The van der Waals surface area contributed by atoms with Crippen molar-refractivity contribution < 1.29 is 0 Å². The molecule has 3 heteroatoms. The van der Waals surface area contributed by atoms with E-state index in [1.54, 1.807) is 0 Å². The molecule has 0 spiro atoms. The quantitative estimate of drug-likeness (QED) is 0.737. The minimum atomic E-state index is 0.883. The lowest BCUT2D eigenvalue weighted by molar-refractivity contribution is 0.699. The Labute approximate surface area is 105 Å². The molecule has 0 saturated carbocycles. The van der Waals surface area contributed by atoms with Crippen LogP contribution in [0.1, 0.15) is 37.3 Å². The third kappa shape index (κ3) is 4.35. The third-order valence-electron chi connectivity index (χ3n) is 2.95. The van der Waals surface area contributed by atoms with Crippen LogP contribution in [0.15, 0.2) is 12.3 Å². The highest BCUT2D eigenvalue weighted by molar-refractivity contribution is 5.46. The largest absolute Gasteiger partial charge is 0.359 e. The van der Waals surface area contributed by atoms with E-state index in [4.69, 9.17) is 0 Å². The molecule has 0 fully saturated rings. The van der Waals surface area contributed by atoms with Crippen LogP contribution in [-0.4, -0.2) is 25.6 Å². The van der Waals surface area contributed by atoms with Gasteiger partial charge in [0.05, 0.1) is 0 Å². The molecule has 3 nitrogen and oxygen atoms in total. The zero-order valence-corrected chi connectivity index (χ0v) is 11.6. The lowest BCUT2D eigenvalue weighted by Crippen LogP contribution is -2.21. The van der Waals surface area contributed by atoms with E-state index < -0.39 is 0 Å². The van der Waals surface area contributed by atoms with Crippen molar-refractivity contribution >= 4 is 5.82 Å². The number of unbranched alkanes of at least 4 members (excludes halogenated alkanes) is 2. The SMILES string of the molecule is CCCCCN(C)c1ncc(CNC)cc1C. The normalized spacial score (nSPS) is 10.6. The van der Waals surface area contributed by atoms with Crippen molar-refractivity contribution in [3.05, 3.63) is 23.4 Å². The second-order valence-corrected chi connectivity index (χ2v) is 4.64. The molecule has 1 rings (SSSR count). The van der Waals surface area contributed by atoms with Crippen molar-refractivity contribution in [1.82, 2.24) is 10.3 Å². The van der Waals surface area contributed by atoms with E-state index in [-0.39, 0.29) is 0 Å². The van der Waals surface area contributed by atoms with Gasteiger partial charge in [0.1, 0.15) is 5.82 Å². The first-order valence-electron chi connectivity index (χ1n) is 6.50. The Balaban J connectivity index is 2.63. The van der Waals surface area contributed by atoms with Crippen LogP contribution in [0.2, 0.25) is 0 Å². The van der Waals surface area contributed by atoms with Crippen molar-refractivity contribution in [3.8, 4) is 0 Å². The highest BCUT2D eigenvalue weighted by Crippen LogP contribution is 2.17. The van der Waals surface area contributed by atoms with Crippen LogP contribution in [0.25, 0.3) is 0 Å².